The van der Waals surface area contributed by atoms with Crippen LogP contribution < -0.4 is 5.56 Å². The van der Waals surface area contributed by atoms with Gasteiger partial charge in [0.25, 0.3) is 5.56 Å². The Balaban J connectivity index is 2.39. The number of nitriles is 1. The summed E-state index contributed by atoms with van der Waals surface area (Å²) in [5.41, 5.74) is 2.18. The molecule has 0 saturated heterocycles. The first kappa shape index (κ1) is 17.2. The van der Waals surface area contributed by atoms with Crippen molar-refractivity contribution in [2.24, 2.45) is 0 Å². The minimum atomic E-state index is -0.410. The van der Waals surface area contributed by atoms with E-state index in [1.54, 1.807) is 36.4 Å². The first-order chi connectivity index (χ1) is 12.0. The predicted molar refractivity (Wildman–Crippen MR) is 99.8 cm³/mol. The monoisotopic (exact) mass is 369 g/mol. The lowest BCUT2D eigenvalue weighted by Gasteiger charge is -2.14. The minimum Gasteiger partial charge on any atom is -0.266 e. The lowest BCUT2D eigenvalue weighted by molar-refractivity contribution is 0.618. The van der Waals surface area contributed by atoms with Crippen LogP contribution in [0.1, 0.15) is 12.5 Å². The quantitative estimate of drug-likeness (QED) is 0.667. The summed E-state index contributed by atoms with van der Waals surface area (Å²) in [6.45, 7) is 2.18. The lowest BCUT2D eigenvalue weighted by atomic mass is 9.96. The van der Waals surface area contributed by atoms with Gasteiger partial charge in [0.05, 0.1) is 0 Å². The number of aromatic nitrogens is 2. The maximum absolute atomic E-state index is 12.6. The topological polar surface area (TPSA) is 58.7 Å². The highest BCUT2D eigenvalue weighted by Crippen LogP contribution is 2.33. The fourth-order valence-electron chi connectivity index (χ4n) is 2.60. The molecule has 0 radical (unpaired) electrons. The summed E-state index contributed by atoms with van der Waals surface area (Å²) in [7, 11) is 0. The van der Waals surface area contributed by atoms with Gasteiger partial charge in [-0.25, -0.2) is 4.68 Å². The molecule has 0 aliphatic rings. The van der Waals surface area contributed by atoms with Crippen molar-refractivity contribution >= 4 is 23.2 Å². The first-order valence-electron chi connectivity index (χ1n) is 7.62. The molecule has 25 heavy (non-hydrogen) atoms. The Morgan fingerprint density at radius 2 is 1.52 bits per heavy atom. The molecule has 0 saturated carbocycles. The fraction of sp³-hybridized carbons (Fsp3) is 0.105. The summed E-state index contributed by atoms with van der Waals surface area (Å²) in [6.07, 6.45) is 0. The van der Waals surface area contributed by atoms with Gasteiger partial charge >= 0.3 is 0 Å². The predicted octanol–water partition coefficient (Wildman–Crippen LogP) is 4.78. The van der Waals surface area contributed by atoms with Crippen molar-refractivity contribution in [3.05, 3.63) is 74.5 Å². The molecule has 1 aromatic heterocycles. The van der Waals surface area contributed by atoms with Gasteiger partial charge in [0.15, 0.2) is 0 Å². The molecule has 124 valence electrons. The molecule has 0 bridgehead atoms. The highest BCUT2D eigenvalue weighted by atomic mass is 35.5. The van der Waals surface area contributed by atoms with Crippen molar-refractivity contribution in [2.75, 3.05) is 0 Å². The van der Waals surface area contributed by atoms with Crippen LogP contribution in [-0.4, -0.2) is 9.78 Å². The highest BCUT2D eigenvalue weighted by molar-refractivity contribution is 6.31. The van der Waals surface area contributed by atoms with Crippen LogP contribution in [0.3, 0.4) is 0 Å². The van der Waals surface area contributed by atoms with Gasteiger partial charge in [-0.1, -0.05) is 47.5 Å². The number of nitrogens with zero attached hydrogens (tertiary/aromatic N) is 3. The third kappa shape index (κ3) is 3.30. The Kier molecular flexibility index (Phi) is 4.89. The molecule has 6 heteroatoms. The van der Waals surface area contributed by atoms with Crippen LogP contribution in [-0.2, 0) is 6.54 Å². The molecule has 3 aromatic rings. The van der Waals surface area contributed by atoms with E-state index in [9.17, 15) is 10.1 Å². The van der Waals surface area contributed by atoms with Gasteiger partial charge < -0.3 is 0 Å². The highest BCUT2D eigenvalue weighted by Gasteiger charge is 2.19. The number of rotatable bonds is 3. The molecule has 0 atom stereocenters. The van der Waals surface area contributed by atoms with Gasteiger partial charge in [0, 0.05) is 27.7 Å². The van der Waals surface area contributed by atoms with Crippen molar-refractivity contribution < 1.29 is 0 Å². The molecule has 0 amide bonds. The van der Waals surface area contributed by atoms with Crippen molar-refractivity contribution in [1.82, 2.24) is 9.78 Å². The standard InChI is InChI=1S/C19H13Cl2N3O/c1-2-24-19(25)16(11-22)17(12-3-7-14(20)8-4-12)18(23-24)13-5-9-15(21)10-6-13/h3-10H,2H2,1H3. The van der Waals surface area contributed by atoms with Crippen LogP contribution in [0.4, 0.5) is 0 Å². The molecular formula is C19H13Cl2N3O. The number of hydrogen-bond acceptors (Lipinski definition) is 3. The SMILES string of the molecule is CCn1nc(-c2ccc(Cl)cc2)c(-c2ccc(Cl)cc2)c(C#N)c1=O. The zero-order chi connectivity index (χ0) is 18.0. The molecule has 0 N–H and O–H groups in total. The lowest BCUT2D eigenvalue weighted by Crippen LogP contribution is -2.26. The second-order valence-electron chi connectivity index (χ2n) is 5.35. The molecule has 0 spiro atoms. The Morgan fingerprint density at radius 3 is 2.00 bits per heavy atom. The normalized spacial score (nSPS) is 10.5. The van der Waals surface area contributed by atoms with E-state index < -0.39 is 5.56 Å². The van der Waals surface area contributed by atoms with E-state index in [0.29, 0.717) is 33.4 Å². The minimum absolute atomic E-state index is 0.0594. The Labute approximate surface area is 154 Å². The number of aryl methyl sites for hydroxylation is 1. The molecule has 0 fully saturated rings. The molecular weight excluding hydrogens is 357 g/mol. The van der Waals surface area contributed by atoms with Gasteiger partial charge in [0.1, 0.15) is 17.3 Å². The third-order valence-electron chi connectivity index (χ3n) is 3.82. The molecule has 0 aliphatic heterocycles. The Hall–Kier alpha value is -2.61. The third-order valence-corrected chi connectivity index (χ3v) is 4.32. The number of benzene rings is 2. The molecule has 0 aliphatic carbocycles. The zero-order valence-electron chi connectivity index (χ0n) is 13.3. The summed E-state index contributed by atoms with van der Waals surface area (Å²) in [5.74, 6) is 0. The molecule has 3 rings (SSSR count). The number of halogens is 2. The van der Waals surface area contributed by atoms with Crippen molar-refractivity contribution in [3.8, 4) is 28.5 Å². The maximum Gasteiger partial charge on any atom is 0.285 e. The van der Waals surface area contributed by atoms with E-state index in [2.05, 4.69) is 5.10 Å². The summed E-state index contributed by atoms with van der Waals surface area (Å²) in [5, 5.41) is 15.3. The molecule has 2 aromatic carbocycles. The van der Waals surface area contributed by atoms with Crippen molar-refractivity contribution in [3.63, 3.8) is 0 Å². The number of hydrogen-bond donors (Lipinski definition) is 0. The Morgan fingerprint density at radius 1 is 1.00 bits per heavy atom. The average molecular weight is 370 g/mol. The van der Waals surface area contributed by atoms with E-state index in [-0.39, 0.29) is 5.56 Å². The van der Waals surface area contributed by atoms with Crippen LogP contribution in [0, 0.1) is 11.3 Å². The van der Waals surface area contributed by atoms with Crippen LogP contribution in [0.5, 0.6) is 0 Å². The summed E-state index contributed by atoms with van der Waals surface area (Å²) in [4.78, 5) is 12.6. The summed E-state index contributed by atoms with van der Waals surface area (Å²) >= 11 is 11.9. The second kappa shape index (κ2) is 7.10. The van der Waals surface area contributed by atoms with Crippen LogP contribution in [0.25, 0.3) is 22.4 Å². The fourth-order valence-corrected chi connectivity index (χ4v) is 2.85. The summed E-state index contributed by atoms with van der Waals surface area (Å²) < 4.78 is 1.29. The van der Waals surface area contributed by atoms with E-state index in [1.807, 2.05) is 25.1 Å². The van der Waals surface area contributed by atoms with Crippen molar-refractivity contribution in [2.45, 2.75) is 13.5 Å². The van der Waals surface area contributed by atoms with Crippen LogP contribution in [0.15, 0.2) is 53.3 Å². The van der Waals surface area contributed by atoms with E-state index in [1.165, 1.54) is 4.68 Å². The van der Waals surface area contributed by atoms with Gasteiger partial charge in [-0.3, -0.25) is 4.79 Å². The van der Waals surface area contributed by atoms with Crippen LogP contribution >= 0.6 is 23.2 Å². The molecule has 1 heterocycles. The molecule has 0 unspecified atom stereocenters. The average Bonchev–Trinajstić information content (AvgIpc) is 2.63. The van der Waals surface area contributed by atoms with Gasteiger partial charge in [-0.2, -0.15) is 10.4 Å². The largest absolute Gasteiger partial charge is 0.285 e. The van der Waals surface area contributed by atoms with Gasteiger partial charge in [-0.05, 0) is 36.8 Å². The first-order valence-corrected chi connectivity index (χ1v) is 8.37. The molecule has 4 nitrogen and oxygen atoms in total. The Bertz CT molecular complexity index is 1020. The van der Waals surface area contributed by atoms with E-state index in [4.69, 9.17) is 23.2 Å². The van der Waals surface area contributed by atoms with Crippen LogP contribution in [0.2, 0.25) is 10.0 Å². The zero-order valence-corrected chi connectivity index (χ0v) is 14.8. The second-order valence-corrected chi connectivity index (χ2v) is 6.22. The maximum atomic E-state index is 12.6. The van der Waals surface area contributed by atoms with E-state index in [0.717, 1.165) is 5.56 Å². The van der Waals surface area contributed by atoms with Gasteiger partial charge in [-0.15, -0.1) is 0 Å². The van der Waals surface area contributed by atoms with Crippen molar-refractivity contribution in [1.29, 1.82) is 5.26 Å². The smallest absolute Gasteiger partial charge is 0.266 e. The van der Waals surface area contributed by atoms with Gasteiger partial charge in [0.2, 0.25) is 0 Å². The van der Waals surface area contributed by atoms with E-state index >= 15 is 0 Å². The summed E-state index contributed by atoms with van der Waals surface area (Å²) in [6, 6.07) is 16.1.